The van der Waals surface area contributed by atoms with Crippen molar-refractivity contribution in [2.24, 2.45) is 0 Å². The van der Waals surface area contributed by atoms with Crippen LogP contribution in [0.2, 0.25) is 0 Å². The molecule has 134 valence electrons. The second-order valence-electron chi connectivity index (χ2n) is 6.59. The minimum absolute atomic E-state index is 0.237. The molecule has 0 unspecified atom stereocenters. The third-order valence-electron chi connectivity index (χ3n) is 5.10. The fourth-order valence-electron chi connectivity index (χ4n) is 3.85. The largest absolute Gasteiger partial charge is 0.341 e. The van der Waals surface area contributed by atoms with Gasteiger partial charge in [-0.25, -0.2) is 4.39 Å². The SMILES string of the molecule is CCn1c2ccccc2c2cc(N3NNC=C3c3ccc(F)cc3)ccc21. The first kappa shape index (κ1) is 15.9. The van der Waals surface area contributed by atoms with E-state index in [2.05, 4.69) is 64.9 Å². The van der Waals surface area contributed by atoms with E-state index in [1.54, 1.807) is 12.1 Å². The van der Waals surface area contributed by atoms with Crippen molar-refractivity contribution in [1.82, 2.24) is 15.5 Å². The average Bonchev–Trinajstić information content (AvgIpc) is 3.31. The van der Waals surface area contributed by atoms with E-state index in [0.717, 1.165) is 23.5 Å². The molecule has 2 heterocycles. The van der Waals surface area contributed by atoms with E-state index >= 15 is 0 Å². The lowest BCUT2D eigenvalue weighted by Crippen LogP contribution is -2.37. The quantitative estimate of drug-likeness (QED) is 0.553. The van der Waals surface area contributed by atoms with E-state index < -0.39 is 0 Å². The molecule has 0 aliphatic carbocycles. The number of hydrazine groups is 2. The van der Waals surface area contributed by atoms with Crippen LogP contribution >= 0.6 is 0 Å². The highest BCUT2D eigenvalue weighted by molar-refractivity contribution is 6.09. The van der Waals surface area contributed by atoms with Gasteiger partial charge in [0.2, 0.25) is 0 Å². The summed E-state index contributed by atoms with van der Waals surface area (Å²) in [5.41, 5.74) is 11.6. The fourth-order valence-corrected chi connectivity index (χ4v) is 3.85. The minimum Gasteiger partial charge on any atom is -0.341 e. The van der Waals surface area contributed by atoms with E-state index in [4.69, 9.17) is 0 Å². The van der Waals surface area contributed by atoms with Crippen LogP contribution in [0.25, 0.3) is 27.5 Å². The normalized spacial score (nSPS) is 14.0. The maximum absolute atomic E-state index is 13.3. The van der Waals surface area contributed by atoms with Crippen LogP contribution in [0.3, 0.4) is 0 Å². The number of para-hydroxylation sites is 1. The molecule has 3 aromatic carbocycles. The van der Waals surface area contributed by atoms with Crippen LogP contribution in [0.5, 0.6) is 0 Å². The van der Waals surface area contributed by atoms with Gasteiger partial charge in [0, 0.05) is 40.1 Å². The first-order valence-corrected chi connectivity index (χ1v) is 9.04. The molecule has 4 nitrogen and oxygen atoms in total. The summed E-state index contributed by atoms with van der Waals surface area (Å²) in [7, 11) is 0. The summed E-state index contributed by atoms with van der Waals surface area (Å²) < 4.78 is 15.6. The van der Waals surface area contributed by atoms with Gasteiger partial charge in [0.15, 0.2) is 0 Å². The number of aromatic nitrogens is 1. The van der Waals surface area contributed by atoms with Crippen LogP contribution in [-0.2, 0) is 6.54 Å². The Hall–Kier alpha value is -3.31. The van der Waals surface area contributed by atoms with Crippen molar-refractivity contribution >= 4 is 33.2 Å². The standard InChI is InChI=1S/C22H19FN4/c1-2-26-20-6-4-3-5-18(20)19-13-17(11-12-21(19)26)27-22(14-24-25-27)15-7-9-16(23)10-8-15/h3-14,24-25H,2H2,1H3. The Balaban J connectivity index is 1.64. The Kier molecular flexibility index (Phi) is 3.62. The van der Waals surface area contributed by atoms with Gasteiger partial charge in [-0.05, 0) is 55.5 Å². The van der Waals surface area contributed by atoms with Gasteiger partial charge in [-0.15, -0.1) is 5.53 Å². The number of hydrogen-bond acceptors (Lipinski definition) is 3. The van der Waals surface area contributed by atoms with Crippen molar-refractivity contribution in [1.29, 1.82) is 0 Å². The van der Waals surface area contributed by atoms with Crippen LogP contribution in [0, 0.1) is 5.82 Å². The molecule has 0 amide bonds. The second kappa shape index (κ2) is 6.14. The number of nitrogens with one attached hydrogen (secondary N) is 2. The average molecular weight is 358 g/mol. The van der Waals surface area contributed by atoms with E-state index in [9.17, 15) is 4.39 Å². The molecule has 27 heavy (non-hydrogen) atoms. The van der Waals surface area contributed by atoms with E-state index in [1.165, 1.54) is 33.9 Å². The molecule has 0 saturated heterocycles. The Morgan fingerprint density at radius 2 is 1.67 bits per heavy atom. The van der Waals surface area contributed by atoms with Gasteiger partial charge >= 0.3 is 0 Å². The fraction of sp³-hybridized carbons (Fsp3) is 0.0909. The molecule has 1 aliphatic heterocycles. The topological polar surface area (TPSA) is 32.2 Å². The first-order chi connectivity index (χ1) is 13.3. The molecule has 5 rings (SSSR count). The van der Waals surface area contributed by atoms with E-state index in [-0.39, 0.29) is 5.82 Å². The predicted octanol–water partition coefficient (Wildman–Crippen LogP) is 4.78. The number of aryl methyl sites for hydroxylation is 1. The van der Waals surface area contributed by atoms with Crippen LogP contribution < -0.4 is 16.0 Å². The predicted molar refractivity (Wildman–Crippen MR) is 108 cm³/mol. The van der Waals surface area contributed by atoms with Gasteiger partial charge in [0.05, 0.1) is 11.4 Å². The summed E-state index contributed by atoms with van der Waals surface area (Å²) in [6.07, 6.45) is 1.88. The van der Waals surface area contributed by atoms with Crippen molar-refractivity contribution in [2.45, 2.75) is 13.5 Å². The highest BCUT2D eigenvalue weighted by atomic mass is 19.1. The maximum Gasteiger partial charge on any atom is 0.123 e. The van der Waals surface area contributed by atoms with Crippen molar-refractivity contribution in [3.05, 3.63) is 84.3 Å². The molecule has 0 atom stereocenters. The van der Waals surface area contributed by atoms with Gasteiger partial charge in [-0.3, -0.25) is 5.01 Å². The number of hydrogen-bond donors (Lipinski definition) is 2. The van der Waals surface area contributed by atoms with Gasteiger partial charge in [0.1, 0.15) is 5.82 Å². The van der Waals surface area contributed by atoms with E-state index in [0.29, 0.717) is 0 Å². The number of fused-ring (bicyclic) bond motifs is 3. The molecular weight excluding hydrogens is 339 g/mol. The maximum atomic E-state index is 13.3. The summed E-state index contributed by atoms with van der Waals surface area (Å²) in [4.78, 5) is 0. The lowest BCUT2D eigenvalue weighted by Gasteiger charge is -2.21. The lowest BCUT2D eigenvalue weighted by atomic mass is 10.1. The molecule has 0 radical (unpaired) electrons. The Labute approximate surface area is 156 Å². The smallest absolute Gasteiger partial charge is 0.123 e. The van der Waals surface area contributed by atoms with Gasteiger partial charge < -0.3 is 9.99 Å². The van der Waals surface area contributed by atoms with Crippen LogP contribution in [0.4, 0.5) is 10.1 Å². The number of halogens is 1. The highest BCUT2D eigenvalue weighted by Gasteiger charge is 2.20. The van der Waals surface area contributed by atoms with Crippen LogP contribution in [-0.4, -0.2) is 4.57 Å². The summed E-state index contributed by atoms with van der Waals surface area (Å²) in [6.45, 7) is 3.09. The molecule has 1 aliphatic rings. The van der Waals surface area contributed by atoms with Crippen molar-refractivity contribution in [3.8, 4) is 0 Å². The molecule has 0 saturated carbocycles. The minimum atomic E-state index is -0.237. The second-order valence-corrected chi connectivity index (χ2v) is 6.59. The number of nitrogens with zero attached hydrogens (tertiary/aromatic N) is 2. The summed E-state index contributed by atoms with van der Waals surface area (Å²) in [5.74, 6) is -0.237. The number of rotatable bonds is 3. The Morgan fingerprint density at radius 3 is 2.48 bits per heavy atom. The third-order valence-corrected chi connectivity index (χ3v) is 5.10. The monoisotopic (exact) mass is 358 g/mol. The Bertz CT molecular complexity index is 1170. The number of benzene rings is 3. The zero-order valence-corrected chi connectivity index (χ0v) is 14.9. The summed E-state index contributed by atoms with van der Waals surface area (Å²) in [6, 6.07) is 21.5. The highest BCUT2D eigenvalue weighted by Crippen LogP contribution is 2.34. The van der Waals surface area contributed by atoms with Gasteiger partial charge in [-0.2, -0.15) is 0 Å². The zero-order valence-electron chi connectivity index (χ0n) is 14.9. The molecule has 0 spiro atoms. The van der Waals surface area contributed by atoms with Crippen LogP contribution in [0.1, 0.15) is 12.5 Å². The molecule has 0 bridgehead atoms. The van der Waals surface area contributed by atoms with E-state index in [1.807, 2.05) is 11.2 Å². The molecular formula is C22H19FN4. The summed E-state index contributed by atoms with van der Waals surface area (Å²) in [5, 5.41) is 4.44. The Morgan fingerprint density at radius 1 is 0.889 bits per heavy atom. The molecule has 2 N–H and O–H groups in total. The van der Waals surface area contributed by atoms with Gasteiger partial charge in [0.25, 0.3) is 0 Å². The van der Waals surface area contributed by atoms with Crippen LogP contribution in [0.15, 0.2) is 72.9 Å². The van der Waals surface area contributed by atoms with Gasteiger partial charge in [-0.1, -0.05) is 18.2 Å². The lowest BCUT2D eigenvalue weighted by molar-refractivity contribution is 0.627. The molecule has 1 aromatic heterocycles. The van der Waals surface area contributed by atoms with Crippen molar-refractivity contribution in [3.63, 3.8) is 0 Å². The molecule has 4 aromatic rings. The summed E-state index contributed by atoms with van der Waals surface area (Å²) >= 11 is 0. The third kappa shape index (κ3) is 2.47. The molecule has 0 fully saturated rings. The number of anilines is 1. The molecule has 5 heteroatoms. The zero-order chi connectivity index (χ0) is 18.4. The first-order valence-electron chi connectivity index (χ1n) is 9.04. The van der Waals surface area contributed by atoms with Crippen molar-refractivity contribution in [2.75, 3.05) is 5.01 Å². The van der Waals surface area contributed by atoms with Crippen molar-refractivity contribution < 1.29 is 4.39 Å².